The van der Waals surface area contributed by atoms with Crippen molar-refractivity contribution in [1.82, 2.24) is 9.78 Å². The molecule has 0 bridgehead atoms. The summed E-state index contributed by atoms with van der Waals surface area (Å²) in [5.74, 6) is 1.02. The highest BCUT2D eigenvalue weighted by molar-refractivity contribution is 5.51. The molecule has 1 aromatic rings. The summed E-state index contributed by atoms with van der Waals surface area (Å²) in [5.41, 5.74) is 1.83. The van der Waals surface area contributed by atoms with E-state index in [9.17, 15) is 5.11 Å². The van der Waals surface area contributed by atoms with Gasteiger partial charge in [-0.3, -0.25) is 4.68 Å². The Balaban J connectivity index is 2.37. The highest BCUT2D eigenvalue weighted by Crippen LogP contribution is 2.26. The number of ether oxygens (including phenoxy) is 1. The van der Waals surface area contributed by atoms with Gasteiger partial charge in [0.2, 0.25) is 0 Å². The number of anilines is 1. The van der Waals surface area contributed by atoms with Gasteiger partial charge in [-0.2, -0.15) is 5.10 Å². The predicted molar refractivity (Wildman–Crippen MR) is 61.5 cm³/mol. The second kappa shape index (κ2) is 4.43. The van der Waals surface area contributed by atoms with E-state index >= 15 is 0 Å². The number of hydrogen-bond acceptors (Lipinski definition) is 4. The number of morpholine rings is 1. The van der Waals surface area contributed by atoms with Crippen LogP contribution in [0.3, 0.4) is 0 Å². The standard InChI is InChI=1S/C11H19N3O2/c1-8-7-16-5-4-14(8)11-10(6-15)9(2)12-13(11)3/h8,15H,4-7H2,1-3H3. The first-order chi connectivity index (χ1) is 7.65. The molecule has 5 heteroatoms. The van der Waals surface area contributed by atoms with Crippen molar-refractivity contribution >= 4 is 5.82 Å². The third kappa shape index (κ3) is 1.81. The number of hydrogen-bond donors (Lipinski definition) is 1. The molecule has 5 nitrogen and oxygen atoms in total. The molecule has 90 valence electrons. The molecule has 1 fully saturated rings. The van der Waals surface area contributed by atoms with Gasteiger partial charge in [0.1, 0.15) is 5.82 Å². The van der Waals surface area contributed by atoms with Gasteiger partial charge in [-0.15, -0.1) is 0 Å². The van der Waals surface area contributed by atoms with Gasteiger partial charge in [0.05, 0.1) is 31.6 Å². The second-order valence-electron chi connectivity index (χ2n) is 4.29. The number of aliphatic hydroxyl groups is 1. The molecule has 1 N–H and O–H groups in total. The smallest absolute Gasteiger partial charge is 0.132 e. The van der Waals surface area contributed by atoms with E-state index in [-0.39, 0.29) is 6.61 Å². The van der Waals surface area contributed by atoms with E-state index in [2.05, 4.69) is 16.9 Å². The van der Waals surface area contributed by atoms with Crippen molar-refractivity contribution in [2.24, 2.45) is 7.05 Å². The summed E-state index contributed by atoms with van der Waals surface area (Å²) >= 11 is 0. The van der Waals surface area contributed by atoms with Crippen molar-refractivity contribution in [3.05, 3.63) is 11.3 Å². The maximum Gasteiger partial charge on any atom is 0.132 e. The minimum atomic E-state index is 0.0408. The molecular formula is C11H19N3O2. The summed E-state index contributed by atoms with van der Waals surface area (Å²) in [6.45, 7) is 6.42. The molecule has 2 heterocycles. The summed E-state index contributed by atoms with van der Waals surface area (Å²) in [4.78, 5) is 2.26. The van der Waals surface area contributed by atoms with Gasteiger partial charge in [-0.1, -0.05) is 0 Å². The van der Waals surface area contributed by atoms with Gasteiger partial charge >= 0.3 is 0 Å². The lowest BCUT2D eigenvalue weighted by Gasteiger charge is -2.35. The fraction of sp³-hybridized carbons (Fsp3) is 0.727. The Labute approximate surface area is 95.6 Å². The molecule has 1 unspecified atom stereocenters. The van der Waals surface area contributed by atoms with E-state index in [0.717, 1.165) is 36.8 Å². The lowest BCUT2D eigenvalue weighted by atomic mass is 10.2. The topological polar surface area (TPSA) is 50.5 Å². The van der Waals surface area contributed by atoms with Gasteiger partial charge in [-0.05, 0) is 13.8 Å². The Bertz CT molecular complexity index is 376. The van der Waals surface area contributed by atoms with E-state index in [1.807, 2.05) is 18.7 Å². The molecule has 1 aliphatic rings. The van der Waals surface area contributed by atoms with Gasteiger partial charge in [0.15, 0.2) is 0 Å². The van der Waals surface area contributed by atoms with Crippen molar-refractivity contribution in [3.63, 3.8) is 0 Å². The Kier molecular flexibility index (Phi) is 3.16. The molecule has 16 heavy (non-hydrogen) atoms. The van der Waals surface area contributed by atoms with Crippen LogP contribution in [0.25, 0.3) is 0 Å². The van der Waals surface area contributed by atoms with Crippen LogP contribution < -0.4 is 4.90 Å². The monoisotopic (exact) mass is 225 g/mol. The predicted octanol–water partition coefficient (Wildman–Crippen LogP) is 0.446. The van der Waals surface area contributed by atoms with Crippen molar-refractivity contribution in [2.75, 3.05) is 24.7 Å². The fourth-order valence-corrected chi connectivity index (χ4v) is 2.28. The van der Waals surface area contributed by atoms with Crippen LogP contribution in [-0.2, 0) is 18.4 Å². The van der Waals surface area contributed by atoms with E-state index in [1.165, 1.54) is 0 Å². The first kappa shape index (κ1) is 11.4. The first-order valence-electron chi connectivity index (χ1n) is 5.63. The Hall–Kier alpha value is -1.07. The van der Waals surface area contributed by atoms with Crippen LogP contribution in [0.5, 0.6) is 0 Å². The van der Waals surface area contributed by atoms with Crippen LogP contribution in [0.1, 0.15) is 18.2 Å². The molecule has 0 spiro atoms. The largest absolute Gasteiger partial charge is 0.391 e. The van der Waals surface area contributed by atoms with Crippen LogP contribution in [0.15, 0.2) is 0 Å². The molecular weight excluding hydrogens is 206 g/mol. The van der Waals surface area contributed by atoms with Gasteiger partial charge in [0, 0.05) is 19.2 Å². The number of aliphatic hydroxyl groups excluding tert-OH is 1. The maximum absolute atomic E-state index is 9.42. The normalized spacial score (nSPS) is 21.5. The third-order valence-electron chi connectivity index (χ3n) is 3.11. The van der Waals surface area contributed by atoms with Gasteiger partial charge < -0.3 is 14.7 Å². The molecule has 0 saturated carbocycles. The zero-order valence-electron chi connectivity index (χ0n) is 10.1. The van der Waals surface area contributed by atoms with Crippen molar-refractivity contribution < 1.29 is 9.84 Å². The Morgan fingerprint density at radius 2 is 2.31 bits per heavy atom. The highest BCUT2D eigenvalue weighted by atomic mass is 16.5. The lowest BCUT2D eigenvalue weighted by molar-refractivity contribution is 0.0979. The summed E-state index contributed by atoms with van der Waals surface area (Å²) < 4.78 is 7.27. The number of nitrogens with zero attached hydrogens (tertiary/aromatic N) is 3. The van der Waals surface area contributed by atoms with E-state index in [4.69, 9.17) is 4.74 Å². The van der Waals surface area contributed by atoms with E-state index in [1.54, 1.807) is 0 Å². The third-order valence-corrected chi connectivity index (χ3v) is 3.11. The first-order valence-corrected chi connectivity index (χ1v) is 5.63. The number of aromatic nitrogens is 2. The van der Waals surface area contributed by atoms with Gasteiger partial charge in [0.25, 0.3) is 0 Å². The zero-order chi connectivity index (χ0) is 11.7. The number of aryl methyl sites for hydroxylation is 2. The van der Waals surface area contributed by atoms with Crippen LogP contribution in [0, 0.1) is 6.92 Å². The molecule has 1 atom stereocenters. The minimum Gasteiger partial charge on any atom is -0.391 e. The Morgan fingerprint density at radius 1 is 1.56 bits per heavy atom. The molecule has 0 aromatic carbocycles. The van der Waals surface area contributed by atoms with Crippen molar-refractivity contribution in [1.29, 1.82) is 0 Å². The summed E-state index contributed by atoms with van der Waals surface area (Å²) in [7, 11) is 1.92. The van der Waals surface area contributed by atoms with Crippen LogP contribution in [0.2, 0.25) is 0 Å². The zero-order valence-corrected chi connectivity index (χ0v) is 10.1. The second-order valence-corrected chi connectivity index (χ2v) is 4.29. The lowest BCUT2D eigenvalue weighted by Crippen LogP contribution is -2.45. The quantitative estimate of drug-likeness (QED) is 0.794. The summed E-state index contributed by atoms with van der Waals surface area (Å²) in [6, 6.07) is 0.328. The van der Waals surface area contributed by atoms with Crippen molar-refractivity contribution in [2.45, 2.75) is 26.5 Å². The van der Waals surface area contributed by atoms with Crippen LogP contribution in [-0.4, -0.2) is 40.7 Å². The minimum absolute atomic E-state index is 0.0408. The molecule has 0 amide bonds. The van der Waals surface area contributed by atoms with E-state index < -0.39 is 0 Å². The SMILES string of the molecule is Cc1nn(C)c(N2CCOCC2C)c1CO. The average Bonchev–Trinajstić information content (AvgIpc) is 2.54. The summed E-state index contributed by atoms with van der Waals surface area (Å²) in [6.07, 6.45) is 0. The average molecular weight is 225 g/mol. The molecule has 0 aliphatic carbocycles. The van der Waals surface area contributed by atoms with E-state index in [0.29, 0.717) is 6.04 Å². The number of rotatable bonds is 2. The molecule has 0 radical (unpaired) electrons. The highest BCUT2D eigenvalue weighted by Gasteiger charge is 2.25. The Morgan fingerprint density at radius 3 is 2.94 bits per heavy atom. The van der Waals surface area contributed by atoms with Crippen LogP contribution >= 0.6 is 0 Å². The van der Waals surface area contributed by atoms with Gasteiger partial charge in [-0.25, -0.2) is 0 Å². The fourth-order valence-electron chi connectivity index (χ4n) is 2.28. The molecule has 2 rings (SSSR count). The molecule has 1 aromatic heterocycles. The van der Waals surface area contributed by atoms with Crippen molar-refractivity contribution in [3.8, 4) is 0 Å². The van der Waals surface area contributed by atoms with Crippen LogP contribution in [0.4, 0.5) is 5.82 Å². The molecule has 1 saturated heterocycles. The maximum atomic E-state index is 9.42. The molecule has 1 aliphatic heterocycles. The summed E-state index contributed by atoms with van der Waals surface area (Å²) in [5, 5.41) is 13.8.